The van der Waals surface area contributed by atoms with Gasteiger partial charge in [0, 0.05) is 5.69 Å². The van der Waals surface area contributed by atoms with Crippen LogP contribution in [0.3, 0.4) is 0 Å². The van der Waals surface area contributed by atoms with E-state index in [-0.39, 0.29) is 11.1 Å². The Kier molecular flexibility index (Phi) is 3.62. The fourth-order valence-electron chi connectivity index (χ4n) is 2.04. The Labute approximate surface area is 124 Å². The van der Waals surface area contributed by atoms with Crippen molar-refractivity contribution >= 4 is 34.3 Å². The molecule has 0 unspecified atom stereocenters. The van der Waals surface area contributed by atoms with Gasteiger partial charge in [-0.05, 0) is 42.1 Å². The summed E-state index contributed by atoms with van der Waals surface area (Å²) in [6, 6.07) is 14.5. The molecule has 1 fully saturated rings. The smallest absolute Gasteiger partial charge is 0.295 e. The van der Waals surface area contributed by atoms with Crippen molar-refractivity contribution in [3.63, 3.8) is 0 Å². The Hall–Kier alpha value is -2.34. The molecular formula is C15H11FN2O2S. The van der Waals surface area contributed by atoms with Gasteiger partial charge in [0.1, 0.15) is 5.82 Å². The first kappa shape index (κ1) is 13.6. The van der Waals surface area contributed by atoms with Crippen molar-refractivity contribution in [3.05, 3.63) is 60.4 Å². The van der Waals surface area contributed by atoms with Crippen molar-refractivity contribution in [1.82, 2.24) is 0 Å². The third-order valence-corrected chi connectivity index (χ3v) is 3.92. The maximum Gasteiger partial charge on any atom is 0.295 e. The van der Waals surface area contributed by atoms with Crippen LogP contribution in [0.4, 0.5) is 20.6 Å². The normalized spacial score (nSPS) is 18.1. The van der Waals surface area contributed by atoms with Gasteiger partial charge in [0.15, 0.2) is 5.37 Å². The molecule has 21 heavy (non-hydrogen) atoms. The maximum absolute atomic E-state index is 13.1. The first-order valence-electron chi connectivity index (χ1n) is 6.27. The number of anilines is 2. The lowest BCUT2D eigenvalue weighted by atomic mass is 10.3. The highest BCUT2D eigenvalue weighted by Crippen LogP contribution is 2.32. The van der Waals surface area contributed by atoms with Gasteiger partial charge in [0.05, 0.1) is 5.69 Å². The molecule has 1 saturated heterocycles. The molecular weight excluding hydrogens is 291 g/mol. The second-order valence-electron chi connectivity index (χ2n) is 4.43. The number of hydrogen-bond acceptors (Lipinski definition) is 4. The predicted octanol–water partition coefficient (Wildman–Crippen LogP) is 3.46. The summed E-state index contributed by atoms with van der Waals surface area (Å²) in [6.45, 7) is 0. The number of nitrogens with one attached hydrogen (secondary N) is 1. The quantitative estimate of drug-likeness (QED) is 0.943. The molecule has 2 aromatic rings. The van der Waals surface area contributed by atoms with E-state index in [1.807, 2.05) is 6.07 Å². The number of carbonyl (C=O) groups is 2. The zero-order valence-corrected chi connectivity index (χ0v) is 11.6. The number of para-hydroxylation sites is 1. The van der Waals surface area contributed by atoms with Crippen LogP contribution in [0.2, 0.25) is 0 Å². The lowest BCUT2D eigenvalue weighted by Gasteiger charge is -2.14. The van der Waals surface area contributed by atoms with E-state index in [0.29, 0.717) is 11.4 Å². The second kappa shape index (κ2) is 5.57. The molecule has 4 nitrogen and oxygen atoms in total. The minimum absolute atomic E-state index is 0.347. The molecule has 1 heterocycles. The highest BCUT2D eigenvalue weighted by atomic mass is 32.2. The molecule has 6 heteroatoms. The Bertz CT molecular complexity index is 693. The van der Waals surface area contributed by atoms with E-state index in [0.717, 1.165) is 16.7 Å². The Morgan fingerprint density at radius 1 is 1.05 bits per heavy atom. The number of amides is 2. The van der Waals surface area contributed by atoms with Gasteiger partial charge >= 0.3 is 0 Å². The molecule has 0 aromatic heterocycles. The summed E-state index contributed by atoms with van der Waals surface area (Å²) >= 11 is 0.881. The van der Waals surface area contributed by atoms with E-state index >= 15 is 0 Å². The summed E-state index contributed by atoms with van der Waals surface area (Å²) in [5.74, 6) is -0.762. The van der Waals surface area contributed by atoms with E-state index in [2.05, 4.69) is 5.32 Å². The monoisotopic (exact) mass is 302 g/mol. The van der Waals surface area contributed by atoms with E-state index in [4.69, 9.17) is 0 Å². The molecule has 2 aromatic carbocycles. The van der Waals surface area contributed by atoms with E-state index < -0.39 is 11.2 Å². The van der Waals surface area contributed by atoms with Gasteiger partial charge in [-0.2, -0.15) is 0 Å². The van der Waals surface area contributed by atoms with Gasteiger partial charge in [-0.1, -0.05) is 24.3 Å². The Morgan fingerprint density at radius 2 is 1.81 bits per heavy atom. The lowest BCUT2D eigenvalue weighted by Crippen LogP contribution is -2.34. The molecule has 0 spiro atoms. The lowest BCUT2D eigenvalue weighted by molar-refractivity contribution is -0.116. The predicted molar refractivity (Wildman–Crippen MR) is 80.7 cm³/mol. The molecule has 0 saturated carbocycles. The number of imide groups is 1. The van der Waals surface area contributed by atoms with Crippen LogP contribution in [0.15, 0.2) is 54.6 Å². The van der Waals surface area contributed by atoms with Crippen LogP contribution in [0.5, 0.6) is 0 Å². The number of halogens is 1. The van der Waals surface area contributed by atoms with Crippen LogP contribution in [-0.2, 0) is 4.79 Å². The average Bonchev–Trinajstić information content (AvgIpc) is 2.74. The number of thioether (sulfide) groups is 1. The SMILES string of the molecule is O=C1S[C@@H](Nc2cccc(F)c2)C(=O)N1c1ccccc1. The van der Waals surface area contributed by atoms with Crippen molar-refractivity contribution in [2.24, 2.45) is 0 Å². The van der Waals surface area contributed by atoms with Crippen molar-refractivity contribution in [1.29, 1.82) is 0 Å². The molecule has 1 aliphatic rings. The van der Waals surface area contributed by atoms with Gasteiger partial charge in [0.25, 0.3) is 11.1 Å². The van der Waals surface area contributed by atoms with Crippen LogP contribution in [0.1, 0.15) is 0 Å². The highest BCUT2D eigenvalue weighted by molar-refractivity contribution is 8.16. The molecule has 1 atom stereocenters. The van der Waals surface area contributed by atoms with E-state index in [1.54, 1.807) is 36.4 Å². The summed E-state index contributed by atoms with van der Waals surface area (Å²) in [4.78, 5) is 25.5. The first-order chi connectivity index (χ1) is 10.1. The zero-order valence-electron chi connectivity index (χ0n) is 10.8. The van der Waals surface area contributed by atoms with Crippen LogP contribution in [0, 0.1) is 5.82 Å². The molecule has 1 aliphatic heterocycles. The number of benzene rings is 2. The standard InChI is InChI=1S/C15H11FN2O2S/c16-10-5-4-6-11(9-10)17-13-14(19)18(15(20)21-13)12-7-2-1-3-8-12/h1-9,13,17H/t13-/m1/s1. The van der Waals surface area contributed by atoms with Gasteiger partial charge < -0.3 is 5.32 Å². The minimum Gasteiger partial charge on any atom is -0.365 e. The van der Waals surface area contributed by atoms with Crippen molar-refractivity contribution < 1.29 is 14.0 Å². The number of nitrogens with zero attached hydrogens (tertiary/aromatic N) is 1. The highest BCUT2D eigenvalue weighted by Gasteiger charge is 2.40. The topological polar surface area (TPSA) is 49.4 Å². The van der Waals surface area contributed by atoms with Gasteiger partial charge in [-0.3, -0.25) is 9.59 Å². The minimum atomic E-state index is -0.750. The Morgan fingerprint density at radius 3 is 2.52 bits per heavy atom. The van der Waals surface area contributed by atoms with Gasteiger partial charge in [0.2, 0.25) is 0 Å². The fraction of sp³-hybridized carbons (Fsp3) is 0.0667. The Balaban J connectivity index is 1.81. The third kappa shape index (κ3) is 2.75. The molecule has 0 bridgehead atoms. The summed E-state index contributed by atoms with van der Waals surface area (Å²) in [6.07, 6.45) is 0. The summed E-state index contributed by atoms with van der Waals surface area (Å²) < 4.78 is 13.1. The van der Waals surface area contributed by atoms with Gasteiger partial charge in [-0.15, -0.1) is 0 Å². The molecule has 0 radical (unpaired) electrons. The third-order valence-electron chi connectivity index (χ3n) is 2.98. The largest absolute Gasteiger partial charge is 0.365 e. The van der Waals surface area contributed by atoms with E-state index in [1.165, 1.54) is 12.1 Å². The molecule has 3 rings (SSSR count). The van der Waals surface area contributed by atoms with Gasteiger partial charge in [-0.25, -0.2) is 9.29 Å². The molecule has 106 valence electrons. The average molecular weight is 302 g/mol. The first-order valence-corrected chi connectivity index (χ1v) is 7.15. The number of carbonyl (C=O) groups excluding carboxylic acids is 2. The summed E-state index contributed by atoms with van der Waals surface area (Å²) in [7, 11) is 0. The van der Waals surface area contributed by atoms with Crippen molar-refractivity contribution in [3.8, 4) is 0 Å². The maximum atomic E-state index is 13.1. The fourth-order valence-corrected chi connectivity index (χ4v) is 2.95. The second-order valence-corrected chi connectivity index (χ2v) is 5.48. The van der Waals surface area contributed by atoms with Crippen LogP contribution in [0.25, 0.3) is 0 Å². The van der Waals surface area contributed by atoms with Crippen LogP contribution in [-0.4, -0.2) is 16.5 Å². The number of rotatable bonds is 3. The van der Waals surface area contributed by atoms with Crippen molar-refractivity contribution in [2.45, 2.75) is 5.37 Å². The summed E-state index contributed by atoms with van der Waals surface area (Å²) in [5.41, 5.74) is 0.993. The van der Waals surface area contributed by atoms with E-state index in [9.17, 15) is 14.0 Å². The molecule has 1 N–H and O–H groups in total. The van der Waals surface area contributed by atoms with Crippen LogP contribution >= 0.6 is 11.8 Å². The zero-order chi connectivity index (χ0) is 14.8. The summed E-state index contributed by atoms with van der Waals surface area (Å²) in [5, 5.41) is 1.77. The van der Waals surface area contributed by atoms with Crippen molar-refractivity contribution in [2.75, 3.05) is 10.2 Å². The molecule has 0 aliphatic carbocycles. The van der Waals surface area contributed by atoms with Crippen LogP contribution < -0.4 is 10.2 Å². The molecule has 2 amide bonds. The number of hydrogen-bond donors (Lipinski definition) is 1.